The molecule has 0 spiro atoms. The fourth-order valence-corrected chi connectivity index (χ4v) is 3.66. The van der Waals surface area contributed by atoms with Crippen molar-refractivity contribution >= 4 is 5.97 Å². The van der Waals surface area contributed by atoms with Gasteiger partial charge in [-0.25, -0.2) is 0 Å². The van der Waals surface area contributed by atoms with Crippen molar-refractivity contribution in [2.45, 2.75) is 91.6 Å². The summed E-state index contributed by atoms with van der Waals surface area (Å²) in [6.07, 6.45) is 9.77. The van der Waals surface area contributed by atoms with Gasteiger partial charge in [0.25, 0.3) is 0 Å². The molecule has 0 heterocycles. The standard InChI is InChI=1S/C30H44O4/c1-5-7-8-9-10-11-22-32-28-17-13-26(14-18-28)27-15-19-29(20-16-27)33-23-25(4)34-30(31)21-12-24(3)6-2/h13-20,24-25H,5-12,21-23H2,1-4H3. The van der Waals surface area contributed by atoms with Crippen LogP contribution in [0.2, 0.25) is 0 Å². The summed E-state index contributed by atoms with van der Waals surface area (Å²) in [5, 5.41) is 0. The van der Waals surface area contributed by atoms with Crippen molar-refractivity contribution in [3.8, 4) is 22.6 Å². The third kappa shape index (κ3) is 11.1. The van der Waals surface area contributed by atoms with Gasteiger partial charge < -0.3 is 14.2 Å². The van der Waals surface area contributed by atoms with E-state index in [0.717, 1.165) is 48.5 Å². The van der Waals surface area contributed by atoms with E-state index in [1.807, 2.05) is 43.3 Å². The highest BCUT2D eigenvalue weighted by atomic mass is 16.6. The Morgan fingerprint density at radius 3 is 1.91 bits per heavy atom. The zero-order chi connectivity index (χ0) is 24.6. The number of hydrogen-bond donors (Lipinski definition) is 0. The Morgan fingerprint density at radius 1 is 0.765 bits per heavy atom. The third-order valence-corrected chi connectivity index (χ3v) is 6.16. The maximum atomic E-state index is 11.9. The predicted octanol–water partition coefficient (Wildman–Crippen LogP) is 8.23. The first-order valence-electron chi connectivity index (χ1n) is 13.2. The van der Waals surface area contributed by atoms with Gasteiger partial charge in [0.2, 0.25) is 0 Å². The van der Waals surface area contributed by atoms with Gasteiger partial charge in [0.15, 0.2) is 0 Å². The Labute approximate surface area is 207 Å². The summed E-state index contributed by atoms with van der Waals surface area (Å²) in [6.45, 7) is 9.53. The largest absolute Gasteiger partial charge is 0.494 e. The SMILES string of the molecule is CCCCCCCCOc1ccc(-c2ccc(OCC(C)OC(=O)CCC(C)CC)cc2)cc1. The van der Waals surface area contributed by atoms with E-state index in [1.165, 1.54) is 32.1 Å². The normalized spacial score (nSPS) is 12.7. The number of hydrogen-bond acceptors (Lipinski definition) is 4. The van der Waals surface area contributed by atoms with Crippen LogP contribution in [0.15, 0.2) is 48.5 Å². The van der Waals surface area contributed by atoms with Crippen LogP contribution in [0, 0.1) is 5.92 Å². The topological polar surface area (TPSA) is 44.8 Å². The average Bonchev–Trinajstić information content (AvgIpc) is 2.86. The predicted molar refractivity (Wildman–Crippen MR) is 140 cm³/mol. The van der Waals surface area contributed by atoms with E-state index in [2.05, 4.69) is 32.9 Å². The zero-order valence-electron chi connectivity index (χ0n) is 21.7. The summed E-state index contributed by atoms with van der Waals surface area (Å²) in [6, 6.07) is 16.3. The second kappa shape index (κ2) is 16.2. The Morgan fingerprint density at radius 2 is 1.32 bits per heavy atom. The van der Waals surface area contributed by atoms with Crippen molar-refractivity contribution in [1.29, 1.82) is 0 Å². The van der Waals surface area contributed by atoms with E-state index >= 15 is 0 Å². The Kier molecular flexibility index (Phi) is 13.2. The molecule has 2 atom stereocenters. The minimum Gasteiger partial charge on any atom is -0.494 e. The highest BCUT2D eigenvalue weighted by Crippen LogP contribution is 2.25. The molecule has 0 aromatic heterocycles. The molecule has 0 aliphatic carbocycles. The molecule has 0 fully saturated rings. The molecule has 2 aromatic rings. The van der Waals surface area contributed by atoms with Crippen molar-refractivity contribution in [2.75, 3.05) is 13.2 Å². The van der Waals surface area contributed by atoms with Gasteiger partial charge in [0.05, 0.1) is 6.61 Å². The number of ether oxygens (including phenoxy) is 3. The van der Waals surface area contributed by atoms with Crippen LogP contribution in [0.25, 0.3) is 11.1 Å². The first-order valence-corrected chi connectivity index (χ1v) is 13.2. The fourth-order valence-electron chi connectivity index (χ4n) is 3.66. The number of benzene rings is 2. The summed E-state index contributed by atoms with van der Waals surface area (Å²) >= 11 is 0. The lowest BCUT2D eigenvalue weighted by molar-refractivity contribution is -0.149. The lowest BCUT2D eigenvalue weighted by Gasteiger charge is -2.15. The Bertz CT molecular complexity index is 798. The molecule has 0 N–H and O–H groups in total. The summed E-state index contributed by atoms with van der Waals surface area (Å²) in [7, 11) is 0. The van der Waals surface area contributed by atoms with Gasteiger partial charge in [-0.2, -0.15) is 0 Å². The van der Waals surface area contributed by atoms with E-state index in [4.69, 9.17) is 14.2 Å². The van der Waals surface area contributed by atoms with Crippen LogP contribution in [0.4, 0.5) is 0 Å². The van der Waals surface area contributed by atoms with Crippen LogP contribution in [0.5, 0.6) is 11.5 Å². The van der Waals surface area contributed by atoms with Crippen LogP contribution in [-0.4, -0.2) is 25.3 Å². The molecule has 0 radical (unpaired) electrons. The molecule has 188 valence electrons. The number of carbonyl (C=O) groups excluding carboxylic acids is 1. The number of esters is 1. The van der Waals surface area contributed by atoms with E-state index < -0.39 is 0 Å². The van der Waals surface area contributed by atoms with Crippen molar-refractivity contribution in [2.24, 2.45) is 5.92 Å². The molecule has 0 aliphatic heterocycles. The van der Waals surface area contributed by atoms with Gasteiger partial charge in [-0.05, 0) is 61.1 Å². The van der Waals surface area contributed by atoms with Crippen LogP contribution >= 0.6 is 0 Å². The van der Waals surface area contributed by atoms with Gasteiger partial charge in [-0.15, -0.1) is 0 Å². The summed E-state index contributed by atoms with van der Waals surface area (Å²) < 4.78 is 17.1. The molecular formula is C30H44O4. The first-order chi connectivity index (χ1) is 16.5. The molecule has 0 amide bonds. The smallest absolute Gasteiger partial charge is 0.306 e. The van der Waals surface area contributed by atoms with Gasteiger partial charge >= 0.3 is 5.97 Å². The maximum absolute atomic E-state index is 11.9. The third-order valence-electron chi connectivity index (χ3n) is 6.16. The molecule has 0 saturated heterocycles. The zero-order valence-corrected chi connectivity index (χ0v) is 21.7. The molecule has 2 aromatic carbocycles. The van der Waals surface area contributed by atoms with E-state index in [0.29, 0.717) is 18.9 Å². The Balaban J connectivity index is 1.70. The minimum atomic E-state index is -0.270. The molecule has 0 aliphatic rings. The number of carbonyl (C=O) groups is 1. The molecule has 0 bridgehead atoms. The molecule has 4 nitrogen and oxygen atoms in total. The Hall–Kier alpha value is -2.49. The minimum absolute atomic E-state index is 0.147. The van der Waals surface area contributed by atoms with Crippen molar-refractivity contribution < 1.29 is 19.0 Å². The van der Waals surface area contributed by atoms with Gasteiger partial charge in [0, 0.05) is 6.42 Å². The highest BCUT2D eigenvalue weighted by molar-refractivity contribution is 5.69. The van der Waals surface area contributed by atoms with Gasteiger partial charge in [-0.3, -0.25) is 4.79 Å². The van der Waals surface area contributed by atoms with Crippen LogP contribution in [0.1, 0.15) is 85.5 Å². The highest BCUT2D eigenvalue weighted by Gasteiger charge is 2.12. The van der Waals surface area contributed by atoms with Crippen molar-refractivity contribution in [3.63, 3.8) is 0 Å². The summed E-state index contributed by atoms with van der Waals surface area (Å²) in [5.41, 5.74) is 2.27. The van der Waals surface area contributed by atoms with Crippen LogP contribution in [-0.2, 0) is 9.53 Å². The second-order valence-corrected chi connectivity index (χ2v) is 9.33. The molecule has 4 heteroatoms. The molecule has 2 unspecified atom stereocenters. The average molecular weight is 469 g/mol. The second-order valence-electron chi connectivity index (χ2n) is 9.33. The van der Waals surface area contributed by atoms with Crippen LogP contribution in [0.3, 0.4) is 0 Å². The van der Waals surface area contributed by atoms with E-state index in [1.54, 1.807) is 0 Å². The fraction of sp³-hybridized carbons (Fsp3) is 0.567. The lowest BCUT2D eigenvalue weighted by atomic mass is 10.0. The van der Waals surface area contributed by atoms with Crippen LogP contribution < -0.4 is 9.47 Å². The van der Waals surface area contributed by atoms with E-state index in [9.17, 15) is 4.79 Å². The van der Waals surface area contributed by atoms with Gasteiger partial charge in [-0.1, -0.05) is 83.6 Å². The maximum Gasteiger partial charge on any atom is 0.306 e. The van der Waals surface area contributed by atoms with E-state index in [-0.39, 0.29) is 12.1 Å². The van der Waals surface area contributed by atoms with Gasteiger partial charge in [0.1, 0.15) is 24.2 Å². The summed E-state index contributed by atoms with van der Waals surface area (Å²) in [4.78, 5) is 11.9. The monoisotopic (exact) mass is 468 g/mol. The molecular weight excluding hydrogens is 424 g/mol. The number of unbranched alkanes of at least 4 members (excludes halogenated alkanes) is 5. The lowest BCUT2D eigenvalue weighted by Crippen LogP contribution is -2.22. The van der Waals surface area contributed by atoms with Crippen molar-refractivity contribution in [3.05, 3.63) is 48.5 Å². The molecule has 2 rings (SSSR count). The first kappa shape index (κ1) is 27.8. The quantitative estimate of drug-likeness (QED) is 0.173. The summed E-state index contributed by atoms with van der Waals surface area (Å²) in [5.74, 6) is 2.09. The molecule has 0 saturated carbocycles. The number of rotatable bonds is 17. The molecule has 34 heavy (non-hydrogen) atoms. The van der Waals surface area contributed by atoms with Crippen molar-refractivity contribution in [1.82, 2.24) is 0 Å².